The number of benzene rings is 1. The van der Waals surface area contributed by atoms with Gasteiger partial charge in [-0.15, -0.1) is 0 Å². The Kier molecular flexibility index (Phi) is 4.78. The number of ether oxygens (including phenoxy) is 2. The van der Waals surface area contributed by atoms with Gasteiger partial charge in [-0.1, -0.05) is 11.6 Å². The van der Waals surface area contributed by atoms with Crippen LogP contribution in [0.25, 0.3) is 0 Å². The molecule has 1 N–H and O–H groups in total. The van der Waals surface area contributed by atoms with Crippen LogP contribution in [-0.4, -0.2) is 24.8 Å². The molecule has 1 amide bonds. The zero-order chi connectivity index (χ0) is 14.6. The lowest BCUT2D eigenvalue weighted by Gasteiger charge is -2.20. The van der Waals surface area contributed by atoms with Crippen molar-refractivity contribution in [2.75, 3.05) is 12.4 Å². The molecule has 6 heteroatoms. The highest BCUT2D eigenvalue weighted by molar-refractivity contribution is 6.31. The number of nitrogens with one attached hydrogen (secondary N) is 1. The van der Waals surface area contributed by atoms with E-state index < -0.39 is 17.7 Å². The van der Waals surface area contributed by atoms with Crippen LogP contribution in [0.3, 0.4) is 0 Å². The standard InChI is InChI=1S/C13H16ClNO4/c1-13(2,3)19-12(17)15-10-7-8(14)5-6-9(10)11(16)18-4/h5-7H,1-4H3,(H,15,17). The van der Waals surface area contributed by atoms with Crippen molar-refractivity contribution in [1.29, 1.82) is 0 Å². The van der Waals surface area contributed by atoms with E-state index in [1.54, 1.807) is 20.8 Å². The molecule has 0 aliphatic carbocycles. The number of methoxy groups -OCH3 is 1. The highest BCUT2D eigenvalue weighted by Crippen LogP contribution is 2.22. The molecule has 0 heterocycles. The molecule has 0 spiro atoms. The number of hydrogen-bond acceptors (Lipinski definition) is 4. The summed E-state index contributed by atoms with van der Waals surface area (Å²) in [6.07, 6.45) is -0.667. The molecule has 0 atom stereocenters. The van der Waals surface area contributed by atoms with Crippen LogP contribution >= 0.6 is 11.6 Å². The lowest BCUT2D eigenvalue weighted by atomic mass is 10.2. The highest BCUT2D eigenvalue weighted by Gasteiger charge is 2.19. The van der Waals surface area contributed by atoms with Gasteiger partial charge >= 0.3 is 12.1 Å². The Morgan fingerprint density at radius 2 is 1.89 bits per heavy atom. The lowest BCUT2D eigenvalue weighted by Crippen LogP contribution is -2.27. The van der Waals surface area contributed by atoms with Crippen LogP contribution in [0.15, 0.2) is 18.2 Å². The quantitative estimate of drug-likeness (QED) is 0.845. The van der Waals surface area contributed by atoms with E-state index in [1.807, 2.05) is 0 Å². The largest absolute Gasteiger partial charge is 0.465 e. The van der Waals surface area contributed by atoms with Gasteiger partial charge in [-0.25, -0.2) is 9.59 Å². The van der Waals surface area contributed by atoms with Crippen molar-refractivity contribution < 1.29 is 19.1 Å². The normalized spacial score (nSPS) is 10.8. The van der Waals surface area contributed by atoms with E-state index >= 15 is 0 Å². The molecule has 5 nitrogen and oxygen atoms in total. The Bertz CT molecular complexity index is 494. The zero-order valence-corrected chi connectivity index (χ0v) is 12.0. The minimum absolute atomic E-state index is 0.206. The molecule has 19 heavy (non-hydrogen) atoms. The predicted molar refractivity (Wildman–Crippen MR) is 72.6 cm³/mol. The van der Waals surface area contributed by atoms with E-state index in [2.05, 4.69) is 10.1 Å². The Labute approximate surface area is 116 Å². The molecule has 0 saturated heterocycles. The summed E-state index contributed by atoms with van der Waals surface area (Å²) in [5, 5.41) is 2.86. The summed E-state index contributed by atoms with van der Waals surface area (Å²) in [7, 11) is 1.26. The second-order valence-corrected chi connectivity index (χ2v) is 5.24. The fourth-order valence-electron chi connectivity index (χ4n) is 1.32. The number of rotatable bonds is 2. The van der Waals surface area contributed by atoms with E-state index in [-0.39, 0.29) is 11.3 Å². The van der Waals surface area contributed by atoms with Crippen molar-refractivity contribution in [3.05, 3.63) is 28.8 Å². The van der Waals surface area contributed by atoms with Crippen molar-refractivity contribution in [3.8, 4) is 0 Å². The molecule has 0 fully saturated rings. The van der Waals surface area contributed by atoms with Gasteiger partial charge in [0.15, 0.2) is 0 Å². The van der Waals surface area contributed by atoms with Crippen LogP contribution in [0.1, 0.15) is 31.1 Å². The topological polar surface area (TPSA) is 64.6 Å². The van der Waals surface area contributed by atoms with Crippen LogP contribution in [0.4, 0.5) is 10.5 Å². The molecule has 0 saturated carbocycles. The Morgan fingerprint density at radius 1 is 1.26 bits per heavy atom. The fourth-order valence-corrected chi connectivity index (χ4v) is 1.49. The first kappa shape index (κ1) is 15.3. The molecular weight excluding hydrogens is 270 g/mol. The minimum Gasteiger partial charge on any atom is -0.465 e. The summed E-state index contributed by atoms with van der Waals surface area (Å²) in [4.78, 5) is 23.2. The first-order chi connectivity index (χ1) is 8.73. The van der Waals surface area contributed by atoms with Crippen molar-refractivity contribution in [3.63, 3.8) is 0 Å². The maximum absolute atomic E-state index is 11.7. The Morgan fingerprint density at radius 3 is 2.42 bits per heavy atom. The fraction of sp³-hybridized carbons (Fsp3) is 0.385. The van der Waals surface area contributed by atoms with Gasteiger partial charge < -0.3 is 9.47 Å². The minimum atomic E-state index is -0.667. The number of halogens is 1. The smallest absolute Gasteiger partial charge is 0.412 e. The summed E-state index contributed by atoms with van der Waals surface area (Å²) in [6, 6.07) is 4.46. The summed E-state index contributed by atoms with van der Waals surface area (Å²) in [6.45, 7) is 5.23. The van der Waals surface area contributed by atoms with Gasteiger partial charge in [0.05, 0.1) is 18.4 Å². The maximum atomic E-state index is 11.7. The van der Waals surface area contributed by atoms with E-state index in [4.69, 9.17) is 16.3 Å². The van der Waals surface area contributed by atoms with Crippen LogP contribution in [0, 0.1) is 0 Å². The van der Waals surface area contributed by atoms with E-state index in [0.29, 0.717) is 5.02 Å². The first-order valence-electron chi connectivity index (χ1n) is 5.61. The molecule has 0 aliphatic heterocycles. The second-order valence-electron chi connectivity index (χ2n) is 4.81. The predicted octanol–water partition coefficient (Wildman–Crippen LogP) is 3.47. The summed E-state index contributed by atoms with van der Waals surface area (Å²) in [5.74, 6) is -0.567. The Hall–Kier alpha value is -1.75. The van der Waals surface area contributed by atoms with Gasteiger partial charge in [0, 0.05) is 5.02 Å². The monoisotopic (exact) mass is 285 g/mol. The number of hydrogen-bond donors (Lipinski definition) is 1. The number of amides is 1. The van der Waals surface area contributed by atoms with Gasteiger partial charge in [0.25, 0.3) is 0 Å². The summed E-state index contributed by atoms with van der Waals surface area (Å²) < 4.78 is 9.73. The number of anilines is 1. The first-order valence-corrected chi connectivity index (χ1v) is 5.98. The molecule has 1 aromatic carbocycles. The van der Waals surface area contributed by atoms with Crippen molar-refractivity contribution in [2.24, 2.45) is 0 Å². The van der Waals surface area contributed by atoms with E-state index in [0.717, 1.165) is 0 Å². The molecule has 0 unspecified atom stereocenters. The van der Waals surface area contributed by atoms with Crippen molar-refractivity contribution >= 4 is 29.4 Å². The number of carbonyl (C=O) groups excluding carboxylic acids is 2. The average molecular weight is 286 g/mol. The van der Waals surface area contributed by atoms with Crippen LogP contribution < -0.4 is 5.32 Å². The van der Waals surface area contributed by atoms with E-state index in [1.165, 1.54) is 25.3 Å². The second kappa shape index (κ2) is 5.93. The molecule has 1 aromatic rings. The van der Waals surface area contributed by atoms with Crippen LogP contribution in [0.5, 0.6) is 0 Å². The highest BCUT2D eigenvalue weighted by atomic mass is 35.5. The summed E-state index contributed by atoms with van der Waals surface area (Å²) in [5.41, 5.74) is -0.181. The third-order valence-electron chi connectivity index (χ3n) is 2.02. The van der Waals surface area contributed by atoms with Crippen LogP contribution in [0.2, 0.25) is 5.02 Å². The van der Waals surface area contributed by atoms with Crippen molar-refractivity contribution in [1.82, 2.24) is 0 Å². The molecule has 0 aliphatic rings. The summed E-state index contributed by atoms with van der Waals surface area (Å²) >= 11 is 5.84. The lowest BCUT2D eigenvalue weighted by molar-refractivity contribution is 0.0602. The number of esters is 1. The Balaban J connectivity index is 2.96. The third kappa shape index (κ3) is 4.79. The van der Waals surface area contributed by atoms with Crippen LogP contribution in [-0.2, 0) is 9.47 Å². The van der Waals surface area contributed by atoms with Gasteiger partial charge in [0.2, 0.25) is 0 Å². The van der Waals surface area contributed by atoms with E-state index in [9.17, 15) is 9.59 Å². The molecule has 104 valence electrons. The van der Waals surface area contributed by atoms with Gasteiger partial charge in [0.1, 0.15) is 5.60 Å². The SMILES string of the molecule is COC(=O)c1ccc(Cl)cc1NC(=O)OC(C)(C)C. The molecule has 1 rings (SSSR count). The van der Waals surface area contributed by atoms with Gasteiger partial charge in [-0.05, 0) is 39.0 Å². The van der Waals surface area contributed by atoms with Gasteiger partial charge in [-0.2, -0.15) is 0 Å². The molecule has 0 radical (unpaired) electrons. The third-order valence-corrected chi connectivity index (χ3v) is 2.26. The average Bonchev–Trinajstić information content (AvgIpc) is 2.25. The molecular formula is C13H16ClNO4. The van der Waals surface area contributed by atoms with Crippen molar-refractivity contribution in [2.45, 2.75) is 26.4 Å². The van der Waals surface area contributed by atoms with Gasteiger partial charge in [-0.3, -0.25) is 5.32 Å². The molecule has 0 aromatic heterocycles. The zero-order valence-electron chi connectivity index (χ0n) is 11.2. The molecule has 0 bridgehead atoms. The number of carbonyl (C=O) groups is 2. The maximum Gasteiger partial charge on any atom is 0.412 e.